The van der Waals surface area contributed by atoms with Gasteiger partial charge in [-0.1, -0.05) is 19.9 Å². The maximum Gasteiger partial charge on any atom is 0.222 e. The number of rotatable bonds is 6. The molecule has 3 heterocycles. The first kappa shape index (κ1) is 18.3. The minimum Gasteiger partial charge on any atom is -0.376 e. The van der Waals surface area contributed by atoms with Crippen LogP contribution < -0.4 is 0 Å². The van der Waals surface area contributed by atoms with Crippen molar-refractivity contribution in [2.75, 3.05) is 25.4 Å². The minimum atomic E-state index is -3.18. The Hall–Kier alpha value is -1.47. The average molecular weight is 366 g/mol. The Labute approximate surface area is 149 Å². The first-order valence-electron chi connectivity index (χ1n) is 8.81. The number of carbonyl (C=O) groups excluding carboxylic acids is 1. The van der Waals surface area contributed by atoms with E-state index in [4.69, 9.17) is 4.74 Å². The largest absolute Gasteiger partial charge is 0.376 e. The van der Waals surface area contributed by atoms with Crippen LogP contribution in [0.5, 0.6) is 0 Å². The normalized spacial score (nSPS) is 23.8. The van der Waals surface area contributed by atoms with Crippen LogP contribution in [0.15, 0.2) is 24.5 Å². The smallest absolute Gasteiger partial charge is 0.222 e. The van der Waals surface area contributed by atoms with Crippen LogP contribution in [-0.2, 0) is 26.0 Å². The van der Waals surface area contributed by atoms with Crippen LogP contribution in [0.4, 0.5) is 0 Å². The lowest BCUT2D eigenvalue weighted by Gasteiger charge is -2.50. The fourth-order valence-electron chi connectivity index (χ4n) is 3.76. The molecule has 0 saturated carbocycles. The minimum absolute atomic E-state index is 0.0442. The number of amides is 1. The van der Waals surface area contributed by atoms with Crippen LogP contribution >= 0.6 is 0 Å². The summed E-state index contributed by atoms with van der Waals surface area (Å²) in [6.45, 7) is 5.46. The first-order chi connectivity index (χ1) is 11.8. The highest BCUT2D eigenvalue weighted by Crippen LogP contribution is 2.45. The number of sulfone groups is 1. The number of carbonyl (C=O) groups is 1. The molecule has 1 atom stereocenters. The van der Waals surface area contributed by atoms with Gasteiger partial charge in [-0.25, -0.2) is 8.42 Å². The molecule has 0 aliphatic carbocycles. The Balaban J connectivity index is 1.60. The molecule has 1 amide bonds. The molecule has 2 fully saturated rings. The summed E-state index contributed by atoms with van der Waals surface area (Å²) in [7, 11) is -3.18. The van der Waals surface area contributed by atoms with Gasteiger partial charge in [0.15, 0.2) is 9.84 Å². The van der Waals surface area contributed by atoms with Gasteiger partial charge in [-0.3, -0.25) is 9.78 Å². The zero-order valence-electron chi connectivity index (χ0n) is 14.8. The summed E-state index contributed by atoms with van der Waals surface area (Å²) >= 11 is 0. The summed E-state index contributed by atoms with van der Waals surface area (Å²) < 4.78 is 30.2. The fourth-order valence-corrected chi connectivity index (χ4v) is 6.16. The van der Waals surface area contributed by atoms with E-state index in [0.717, 1.165) is 5.56 Å². The first-order valence-corrected chi connectivity index (χ1v) is 10.5. The van der Waals surface area contributed by atoms with Gasteiger partial charge in [0.2, 0.25) is 5.91 Å². The van der Waals surface area contributed by atoms with Crippen molar-refractivity contribution >= 4 is 15.7 Å². The van der Waals surface area contributed by atoms with Gasteiger partial charge < -0.3 is 9.64 Å². The molecule has 0 radical (unpaired) electrons. The molecular weight excluding hydrogens is 340 g/mol. The maximum atomic E-state index is 12.6. The summed E-state index contributed by atoms with van der Waals surface area (Å²) in [6, 6.07) is 3.79. The number of hydrogen-bond acceptors (Lipinski definition) is 5. The van der Waals surface area contributed by atoms with E-state index in [1.165, 1.54) is 0 Å². The van der Waals surface area contributed by atoms with Crippen LogP contribution in [0.25, 0.3) is 0 Å². The Bertz CT molecular complexity index is 712. The SMILES string of the molecule is CC(C)CC(=O)N1CC2(C1)[C@H](COCc1cccnc1)CCS2(=O)=O. The van der Waals surface area contributed by atoms with Gasteiger partial charge in [-0.15, -0.1) is 0 Å². The van der Waals surface area contributed by atoms with E-state index in [-0.39, 0.29) is 23.5 Å². The third kappa shape index (κ3) is 3.58. The highest BCUT2D eigenvalue weighted by Gasteiger charge is 2.62. The van der Waals surface area contributed by atoms with Crippen LogP contribution in [0, 0.1) is 11.8 Å². The molecule has 2 aliphatic heterocycles. The van der Waals surface area contributed by atoms with Gasteiger partial charge >= 0.3 is 0 Å². The Morgan fingerprint density at radius 2 is 2.20 bits per heavy atom. The molecule has 6 nitrogen and oxygen atoms in total. The Kier molecular flexibility index (Phi) is 5.16. The monoisotopic (exact) mass is 366 g/mol. The molecule has 0 N–H and O–H groups in total. The number of pyridine rings is 1. The Morgan fingerprint density at radius 1 is 1.44 bits per heavy atom. The second-order valence-electron chi connectivity index (χ2n) is 7.59. The third-order valence-electron chi connectivity index (χ3n) is 5.26. The lowest BCUT2D eigenvalue weighted by atomic mass is 9.83. The molecule has 1 aromatic heterocycles. The van der Waals surface area contributed by atoms with Gasteiger partial charge in [0, 0.05) is 37.8 Å². The topological polar surface area (TPSA) is 76.6 Å². The fraction of sp³-hybridized carbons (Fsp3) is 0.667. The van der Waals surface area contributed by atoms with Gasteiger partial charge in [0.25, 0.3) is 0 Å². The quantitative estimate of drug-likeness (QED) is 0.765. The molecule has 0 bridgehead atoms. The number of nitrogens with zero attached hydrogens (tertiary/aromatic N) is 2. The zero-order valence-corrected chi connectivity index (χ0v) is 15.7. The number of hydrogen-bond donors (Lipinski definition) is 0. The van der Waals surface area contributed by atoms with E-state index >= 15 is 0 Å². The van der Waals surface area contributed by atoms with Crippen LogP contribution in [0.2, 0.25) is 0 Å². The zero-order chi connectivity index (χ0) is 18.1. The van der Waals surface area contributed by atoms with Gasteiger partial charge in [-0.2, -0.15) is 0 Å². The molecule has 0 aromatic carbocycles. The van der Waals surface area contributed by atoms with Crippen molar-refractivity contribution in [2.24, 2.45) is 11.8 Å². The summed E-state index contributed by atoms with van der Waals surface area (Å²) in [5.41, 5.74) is 0.972. The summed E-state index contributed by atoms with van der Waals surface area (Å²) in [5, 5.41) is 0. The molecule has 0 unspecified atom stereocenters. The molecule has 7 heteroatoms. The van der Waals surface area contributed by atoms with Crippen LogP contribution in [0.1, 0.15) is 32.3 Å². The summed E-state index contributed by atoms with van der Waals surface area (Å²) in [6.07, 6.45) is 4.54. The van der Waals surface area contributed by atoms with Crippen LogP contribution in [0.3, 0.4) is 0 Å². The second-order valence-corrected chi connectivity index (χ2v) is 10.0. The van der Waals surface area contributed by atoms with Crippen molar-refractivity contribution in [3.05, 3.63) is 30.1 Å². The Morgan fingerprint density at radius 3 is 2.84 bits per heavy atom. The number of aromatic nitrogens is 1. The highest BCUT2D eigenvalue weighted by molar-refractivity contribution is 7.93. The third-order valence-corrected chi connectivity index (χ3v) is 7.87. The van der Waals surface area contributed by atoms with Crippen LogP contribution in [-0.4, -0.2) is 54.4 Å². The molecular formula is C18H26N2O4S. The van der Waals surface area contributed by atoms with E-state index in [2.05, 4.69) is 4.98 Å². The highest BCUT2D eigenvalue weighted by atomic mass is 32.2. The second kappa shape index (κ2) is 7.03. The van der Waals surface area contributed by atoms with Crippen molar-refractivity contribution < 1.29 is 17.9 Å². The maximum absolute atomic E-state index is 12.6. The molecule has 25 heavy (non-hydrogen) atoms. The van der Waals surface area contributed by atoms with Crippen molar-refractivity contribution in [1.82, 2.24) is 9.88 Å². The lowest BCUT2D eigenvalue weighted by molar-refractivity contribution is -0.138. The van der Waals surface area contributed by atoms with Gasteiger partial charge in [0.1, 0.15) is 4.75 Å². The molecule has 2 saturated heterocycles. The van der Waals surface area contributed by atoms with E-state index in [1.807, 2.05) is 26.0 Å². The number of ether oxygens (including phenoxy) is 1. The standard InChI is InChI=1S/C18H26N2O4S/c1-14(2)8-17(21)20-12-18(13-20)16(5-7-25(18,22)23)11-24-10-15-4-3-6-19-9-15/h3-4,6,9,14,16H,5,7-8,10-13H2,1-2H3/t16-/m0/s1. The van der Waals surface area contributed by atoms with Gasteiger partial charge in [-0.05, 0) is 24.0 Å². The van der Waals surface area contributed by atoms with Crippen molar-refractivity contribution in [3.8, 4) is 0 Å². The van der Waals surface area contributed by atoms with Crippen molar-refractivity contribution in [1.29, 1.82) is 0 Å². The van der Waals surface area contributed by atoms with Crippen molar-refractivity contribution in [2.45, 2.75) is 38.0 Å². The number of likely N-dealkylation sites (tertiary alicyclic amines) is 1. The average Bonchev–Trinajstić information content (AvgIpc) is 2.77. The molecule has 2 aliphatic rings. The predicted molar refractivity (Wildman–Crippen MR) is 94.6 cm³/mol. The van der Waals surface area contributed by atoms with E-state index in [1.54, 1.807) is 17.3 Å². The predicted octanol–water partition coefficient (Wildman–Crippen LogP) is 1.66. The molecule has 138 valence electrons. The van der Waals surface area contributed by atoms with E-state index in [9.17, 15) is 13.2 Å². The molecule has 1 aromatic rings. The summed E-state index contributed by atoms with van der Waals surface area (Å²) in [4.78, 5) is 17.9. The molecule has 3 rings (SSSR count). The van der Waals surface area contributed by atoms with E-state index < -0.39 is 14.6 Å². The van der Waals surface area contributed by atoms with Gasteiger partial charge in [0.05, 0.1) is 19.0 Å². The van der Waals surface area contributed by atoms with E-state index in [0.29, 0.717) is 39.1 Å². The van der Waals surface area contributed by atoms with Crippen molar-refractivity contribution in [3.63, 3.8) is 0 Å². The lowest BCUT2D eigenvalue weighted by Crippen LogP contribution is -2.68. The molecule has 1 spiro atoms. The summed E-state index contributed by atoms with van der Waals surface area (Å²) in [5.74, 6) is 0.484.